The van der Waals surface area contributed by atoms with Crippen molar-refractivity contribution in [2.75, 3.05) is 11.4 Å². The minimum absolute atomic E-state index is 0.0243. The molecule has 0 saturated carbocycles. The monoisotopic (exact) mass is 239 g/mol. The minimum atomic E-state index is -0.473. The molecular weight excluding hydrogens is 226 g/mol. The number of nitrogens with zero attached hydrogens (tertiary/aromatic N) is 3. The zero-order valence-electron chi connectivity index (χ0n) is 9.34. The van der Waals surface area contributed by atoms with Crippen molar-refractivity contribution in [2.45, 2.75) is 25.9 Å². The van der Waals surface area contributed by atoms with Gasteiger partial charge in [0.2, 0.25) is 17.7 Å². The van der Waals surface area contributed by atoms with Gasteiger partial charge in [0.05, 0.1) is 6.54 Å². The molecule has 0 radical (unpaired) electrons. The Hall–Kier alpha value is -1.96. The molecule has 3 N–H and O–H groups in total. The van der Waals surface area contributed by atoms with Crippen LogP contribution < -0.4 is 16.0 Å². The molecule has 1 fully saturated rings. The molecule has 1 unspecified atom stereocenters. The lowest BCUT2D eigenvalue weighted by atomic mass is 10.1. The van der Waals surface area contributed by atoms with Gasteiger partial charge in [0, 0.05) is 0 Å². The average Bonchev–Trinajstić information content (AvgIpc) is 2.76. The van der Waals surface area contributed by atoms with E-state index >= 15 is 0 Å². The van der Waals surface area contributed by atoms with E-state index in [0.717, 1.165) is 0 Å². The average molecular weight is 239 g/mol. The Morgan fingerprint density at radius 3 is 2.88 bits per heavy atom. The van der Waals surface area contributed by atoms with Crippen molar-refractivity contribution in [3.63, 3.8) is 0 Å². The second-order valence-corrected chi connectivity index (χ2v) is 3.65. The summed E-state index contributed by atoms with van der Waals surface area (Å²) in [6.07, 6.45) is 0.541. The van der Waals surface area contributed by atoms with Gasteiger partial charge in [0.25, 0.3) is 0 Å². The number of hydrogen-bond acceptors (Lipinski definition) is 7. The number of nitrogens with one attached hydrogen (secondary N) is 1. The van der Waals surface area contributed by atoms with Crippen molar-refractivity contribution in [3.05, 3.63) is 5.89 Å². The lowest BCUT2D eigenvalue weighted by molar-refractivity contribution is -0.133. The summed E-state index contributed by atoms with van der Waals surface area (Å²) in [5, 5.41) is 9.74. The molecule has 1 aliphatic rings. The van der Waals surface area contributed by atoms with Crippen molar-refractivity contribution in [1.29, 1.82) is 0 Å². The van der Waals surface area contributed by atoms with Crippen molar-refractivity contribution in [3.8, 4) is 0 Å². The quantitative estimate of drug-likeness (QED) is 0.634. The minimum Gasteiger partial charge on any atom is -0.407 e. The third kappa shape index (κ3) is 2.11. The number of aromatic nitrogens is 2. The van der Waals surface area contributed by atoms with E-state index in [1.807, 2.05) is 6.92 Å². The standard InChI is InChI=1S/C9H13N5O3/c1-2-5-8(16)11-6(15)4-14(5)9-13-12-7(3-10)17-9/h5H,2-4,10H2,1H3,(H,11,15,16). The van der Waals surface area contributed by atoms with Crippen LogP contribution in [0.5, 0.6) is 0 Å². The Labute approximate surface area is 97.2 Å². The first-order valence-corrected chi connectivity index (χ1v) is 5.28. The highest BCUT2D eigenvalue weighted by Gasteiger charge is 2.35. The number of rotatable bonds is 3. The van der Waals surface area contributed by atoms with Gasteiger partial charge < -0.3 is 15.1 Å². The lowest BCUT2D eigenvalue weighted by Gasteiger charge is -2.31. The summed E-state index contributed by atoms with van der Waals surface area (Å²) in [7, 11) is 0. The molecule has 8 nitrogen and oxygen atoms in total. The van der Waals surface area contributed by atoms with Gasteiger partial charge in [-0.15, -0.1) is 5.10 Å². The maximum absolute atomic E-state index is 11.6. The predicted octanol–water partition coefficient (Wildman–Crippen LogP) is -1.23. The van der Waals surface area contributed by atoms with Gasteiger partial charge in [-0.3, -0.25) is 14.9 Å². The third-order valence-electron chi connectivity index (χ3n) is 2.52. The first kappa shape index (κ1) is 11.5. The topological polar surface area (TPSA) is 114 Å². The summed E-state index contributed by atoms with van der Waals surface area (Å²) in [5.74, 6) is -0.461. The number of carbonyl (C=O) groups excluding carboxylic acids is 2. The van der Waals surface area contributed by atoms with Crippen molar-refractivity contribution in [2.24, 2.45) is 5.73 Å². The van der Waals surface area contributed by atoms with Crippen LogP contribution in [0.15, 0.2) is 4.42 Å². The second kappa shape index (κ2) is 4.50. The van der Waals surface area contributed by atoms with Crippen molar-refractivity contribution in [1.82, 2.24) is 15.5 Å². The number of piperazine rings is 1. The maximum atomic E-state index is 11.6. The highest BCUT2D eigenvalue weighted by molar-refractivity contribution is 6.04. The Morgan fingerprint density at radius 1 is 1.53 bits per heavy atom. The third-order valence-corrected chi connectivity index (χ3v) is 2.52. The Bertz CT molecular complexity index is 444. The van der Waals surface area contributed by atoms with Crippen LogP contribution in [-0.4, -0.2) is 34.6 Å². The molecular formula is C9H13N5O3. The molecule has 8 heteroatoms. The molecule has 0 bridgehead atoms. The van der Waals surface area contributed by atoms with Crippen LogP contribution in [0.2, 0.25) is 0 Å². The SMILES string of the molecule is CCC1C(=O)NC(=O)CN1c1nnc(CN)o1. The summed E-state index contributed by atoms with van der Waals surface area (Å²) in [6, 6.07) is -0.320. The van der Waals surface area contributed by atoms with E-state index in [2.05, 4.69) is 15.5 Å². The molecule has 1 aromatic heterocycles. The van der Waals surface area contributed by atoms with E-state index in [0.29, 0.717) is 6.42 Å². The summed E-state index contributed by atoms with van der Waals surface area (Å²) in [6.45, 7) is 1.99. The molecule has 92 valence electrons. The number of hydrogen-bond donors (Lipinski definition) is 2. The van der Waals surface area contributed by atoms with E-state index in [4.69, 9.17) is 10.2 Å². The van der Waals surface area contributed by atoms with Gasteiger partial charge in [-0.1, -0.05) is 12.0 Å². The first-order chi connectivity index (χ1) is 8.15. The molecule has 1 atom stereocenters. The van der Waals surface area contributed by atoms with E-state index in [-0.39, 0.29) is 36.8 Å². The number of carbonyl (C=O) groups is 2. The van der Waals surface area contributed by atoms with Crippen molar-refractivity contribution < 1.29 is 14.0 Å². The van der Waals surface area contributed by atoms with E-state index < -0.39 is 6.04 Å². The van der Waals surface area contributed by atoms with E-state index in [1.54, 1.807) is 0 Å². The highest BCUT2D eigenvalue weighted by Crippen LogP contribution is 2.19. The fourth-order valence-electron chi connectivity index (χ4n) is 1.72. The molecule has 1 aromatic rings. The first-order valence-electron chi connectivity index (χ1n) is 5.28. The summed E-state index contributed by atoms with van der Waals surface area (Å²) >= 11 is 0. The van der Waals surface area contributed by atoms with Crippen LogP contribution in [0.4, 0.5) is 6.01 Å². The van der Waals surface area contributed by atoms with Gasteiger partial charge in [0.15, 0.2) is 0 Å². The van der Waals surface area contributed by atoms with Crippen LogP contribution in [0, 0.1) is 0 Å². The predicted molar refractivity (Wildman–Crippen MR) is 56.8 cm³/mol. The van der Waals surface area contributed by atoms with Gasteiger partial charge in [0.1, 0.15) is 12.6 Å². The van der Waals surface area contributed by atoms with Gasteiger partial charge in [-0.25, -0.2) is 0 Å². The van der Waals surface area contributed by atoms with Crippen LogP contribution in [0.25, 0.3) is 0 Å². The molecule has 1 aliphatic heterocycles. The van der Waals surface area contributed by atoms with Crippen molar-refractivity contribution >= 4 is 17.8 Å². The number of imide groups is 1. The number of nitrogens with two attached hydrogens (primary N) is 1. The van der Waals surface area contributed by atoms with Gasteiger partial charge >= 0.3 is 6.01 Å². The lowest BCUT2D eigenvalue weighted by Crippen LogP contribution is -2.58. The molecule has 1 saturated heterocycles. The van der Waals surface area contributed by atoms with Crippen LogP contribution in [0.1, 0.15) is 19.2 Å². The normalized spacial score (nSPS) is 20.6. The highest BCUT2D eigenvalue weighted by atomic mass is 16.4. The second-order valence-electron chi connectivity index (χ2n) is 3.65. The van der Waals surface area contributed by atoms with E-state index in [1.165, 1.54) is 4.90 Å². The van der Waals surface area contributed by atoms with Crippen LogP contribution in [-0.2, 0) is 16.1 Å². The van der Waals surface area contributed by atoms with E-state index in [9.17, 15) is 9.59 Å². The molecule has 0 aromatic carbocycles. The smallest absolute Gasteiger partial charge is 0.319 e. The Balaban J connectivity index is 2.27. The largest absolute Gasteiger partial charge is 0.407 e. The number of amides is 2. The summed E-state index contributed by atoms with van der Waals surface area (Å²) < 4.78 is 5.25. The Kier molecular flexibility index (Phi) is 3.05. The van der Waals surface area contributed by atoms with Gasteiger partial charge in [-0.2, -0.15) is 0 Å². The fourth-order valence-corrected chi connectivity index (χ4v) is 1.72. The Morgan fingerprint density at radius 2 is 2.29 bits per heavy atom. The number of anilines is 1. The molecule has 2 rings (SSSR count). The maximum Gasteiger partial charge on any atom is 0.319 e. The molecule has 2 heterocycles. The zero-order valence-corrected chi connectivity index (χ0v) is 9.34. The fraction of sp³-hybridized carbons (Fsp3) is 0.556. The van der Waals surface area contributed by atoms with Crippen LogP contribution in [0.3, 0.4) is 0 Å². The molecule has 17 heavy (non-hydrogen) atoms. The molecule has 0 spiro atoms. The van der Waals surface area contributed by atoms with Crippen LogP contribution >= 0.6 is 0 Å². The molecule has 0 aliphatic carbocycles. The molecule has 2 amide bonds. The zero-order chi connectivity index (χ0) is 12.4. The summed E-state index contributed by atoms with van der Waals surface area (Å²) in [5.41, 5.74) is 5.35. The summed E-state index contributed by atoms with van der Waals surface area (Å²) in [4.78, 5) is 24.4. The van der Waals surface area contributed by atoms with Gasteiger partial charge in [-0.05, 0) is 6.42 Å².